The number of hydrogen-bond donors (Lipinski definition) is 1. The molecule has 0 amide bonds. The fourth-order valence-corrected chi connectivity index (χ4v) is 2.79. The van der Waals surface area contributed by atoms with Gasteiger partial charge in [-0.3, -0.25) is 0 Å². The van der Waals surface area contributed by atoms with Gasteiger partial charge in [-0.2, -0.15) is 0 Å². The molecule has 0 radical (unpaired) electrons. The first kappa shape index (κ1) is 13.6. The summed E-state index contributed by atoms with van der Waals surface area (Å²) < 4.78 is 5.94. The average Bonchev–Trinajstić information content (AvgIpc) is 3.10. The summed E-state index contributed by atoms with van der Waals surface area (Å²) >= 11 is 0. The molecule has 0 saturated heterocycles. The van der Waals surface area contributed by atoms with Crippen molar-refractivity contribution in [1.82, 2.24) is 0 Å². The van der Waals surface area contributed by atoms with Crippen molar-refractivity contribution in [3.05, 3.63) is 90.7 Å². The highest BCUT2D eigenvalue weighted by Crippen LogP contribution is 2.25. The molecule has 0 unspecified atom stereocenters. The predicted octanol–water partition coefficient (Wildman–Crippen LogP) is 5.71. The molecule has 0 aliphatic rings. The van der Waals surface area contributed by atoms with Crippen LogP contribution in [0.2, 0.25) is 0 Å². The molecule has 4 rings (SSSR count). The monoisotopic (exact) mass is 299 g/mol. The normalized spacial score (nSPS) is 10.8. The average molecular weight is 299 g/mol. The maximum Gasteiger partial charge on any atom is 0.134 e. The van der Waals surface area contributed by atoms with Crippen LogP contribution in [0.1, 0.15) is 5.76 Å². The Labute approximate surface area is 135 Å². The fourth-order valence-electron chi connectivity index (χ4n) is 2.79. The Kier molecular flexibility index (Phi) is 3.57. The molecule has 0 spiro atoms. The third-order valence-corrected chi connectivity index (χ3v) is 3.96. The molecule has 0 fully saturated rings. The van der Waals surface area contributed by atoms with E-state index in [1.165, 1.54) is 10.8 Å². The van der Waals surface area contributed by atoms with Gasteiger partial charge in [-0.05, 0) is 23.6 Å². The summed E-state index contributed by atoms with van der Waals surface area (Å²) in [6.07, 6.45) is 0. The molecule has 3 aromatic carbocycles. The molecule has 112 valence electrons. The van der Waals surface area contributed by atoms with Crippen LogP contribution in [0.3, 0.4) is 0 Å². The lowest BCUT2D eigenvalue weighted by molar-refractivity contribution is 0.531. The maximum absolute atomic E-state index is 5.94. The van der Waals surface area contributed by atoms with E-state index < -0.39 is 0 Å². The van der Waals surface area contributed by atoms with E-state index in [1.54, 1.807) is 0 Å². The Morgan fingerprint density at radius 1 is 0.696 bits per heavy atom. The van der Waals surface area contributed by atoms with Crippen LogP contribution in [0, 0.1) is 0 Å². The van der Waals surface area contributed by atoms with Gasteiger partial charge in [0.05, 0.1) is 6.54 Å². The SMILES string of the molecule is c1ccc(-c2ccc(CNc3cccc4ccccc34)o2)cc1. The lowest BCUT2D eigenvalue weighted by Gasteiger charge is -2.08. The minimum absolute atomic E-state index is 0.668. The number of nitrogens with one attached hydrogen (secondary N) is 1. The van der Waals surface area contributed by atoms with Crippen LogP contribution < -0.4 is 5.32 Å². The van der Waals surface area contributed by atoms with Crippen LogP contribution in [-0.4, -0.2) is 0 Å². The van der Waals surface area contributed by atoms with Gasteiger partial charge in [0.15, 0.2) is 0 Å². The number of benzene rings is 3. The highest BCUT2D eigenvalue weighted by atomic mass is 16.3. The summed E-state index contributed by atoms with van der Waals surface area (Å²) in [5.41, 5.74) is 2.23. The number of fused-ring (bicyclic) bond motifs is 1. The van der Waals surface area contributed by atoms with Crippen molar-refractivity contribution in [3.63, 3.8) is 0 Å². The molecular weight excluding hydrogens is 282 g/mol. The van der Waals surface area contributed by atoms with E-state index in [1.807, 2.05) is 30.3 Å². The van der Waals surface area contributed by atoms with Gasteiger partial charge in [0.1, 0.15) is 11.5 Å². The van der Waals surface area contributed by atoms with Crippen molar-refractivity contribution in [3.8, 4) is 11.3 Å². The van der Waals surface area contributed by atoms with Crippen molar-refractivity contribution in [1.29, 1.82) is 0 Å². The highest BCUT2D eigenvalue weighted by molar-refractivity contribution is 5.93. The molecule has 1 N–H and O–H groups in total. The topological polar surface area (TPSA) is 25.2 Å². The molecule has 0 bridgehead atoms. The second kappa shape index (κ2) is 6.01. The predicted molar refractivity (Wildman–Crippen MR) is 95.4 cm³/mol. The lowest BCUT2D eigenvalue weighted by Crippen LogP contribution is -1.98. The summed E-state index contributed by atoms with van der Waals surface area (Å²) in [7, 11) is 0. The zero-order chi connectivity index (χ0) is 15.5. The quantitative estimate of drug-likeness (QED) is 0.522. The zero-order valence-corrected chi connectivity index (χ0v) is 12.7. The van der Waals surface area contributed by atoms with Crippen molar-refractivity contribution in [2.24, 2.45) is 0 Å². The summed E-state index contributed by atoms with van der Waals surface area (Å²) in [4.78, 5) is 0. The van der Waals surface area contributed by atoms with Crippen LogP contribution >= 0.6 is 0 Å². The van der Waals surface area contributed by atoms with Crippen LogP contribution in [0.4, 0.5) is 5.69 Å². The Morgan fingerprint density at radius 3 is 2.39 bits per heavy atom. The summed E-state index contributed by atoms with van der Waals surface area (Å²) in [5, 5.41) is 5.94. The van der Waals surface area contributed by atoms with Crippen molar-refractivity contribution in [2.75, 3.05) is 5.32 Å². The molecule has 23 heavy (non-hydrogen) atoms. The van der Waals surface area contributed by atoms with Gasteiger partial charge in [-0.15, -0.1) is 0 Å². The zero-order valence-electron chi connectivity index (χ0n) is 12.7. The Morgan fingerprint density at radius 2 is 1.48 bits per heavy atom. The Balaban J connectivity index is 1.54. The first-order valence-corrected chi connectivity index (χ1v) is 7.76. The van der Waals surface area contributed by atoms with E-state index in [0.29, 0.717) is 6.54 Å². The van der Waals surface area contributed by atoms with Crippen molar-refractivity contribution < 1.29 is 4.42 Å². The van der Waals surface area contributed by atoms with E-state index in [4.69, 9.17) is 4.42 Å². The molecule has 0 saturated carbocycles. The van der Waals surface area contributed by atoms with Gasteiger partial charge in [0.25, 0.3) is 0 Å². The van der Waals surface area contributed by atoms with Gasteiger partial charge < -0.3 is 9.73 Å². The molecule has 2 heteroatoms. The molecule has 1 heterocycles. The second-order valence-electron chi connectivity index (χ2n) is 5.51. The van der Waals surface area contributed by atoms with E-state index in [-0.39, 0.29) is 0 Å². The highest BCUT2D eigenvalue weighted by Gasteiger charge is 2.05. The van der Waals surface area contributed by atoms with Crippen LogP contribution in [0.5, 0.6) is 0 Å². The molecule has 4 aromatic rings. The van der Waals surface area contributed by atoms with Gasteiger partial charge >= 0.3 is 0 Å². The second-order valence-corrected chi connectivity index (χ2v) is 5.51. The van der Waals surface area contributed by atoms with E-state index in [9.17, 15) is 0 Å². The molecule has 0 aliphatic carbocycles. The van der Waals surface area contributed by atoms with Crippen LogP contribution in [0.15, 0.2) is 89.3 Å². The third-order valence-electron chi connectivity index (χ3n) is 3.96. The number of rotatable bonds is 4. The minimum Gasteiger partial charge on any atom is -0.459 e. The Bertz CT molecular complexity index is 919. The smallest absolute Gasteiger partial charge is 0.134 e. The van der Waals surface area contributed by atoms with E-state index in [0.717, 1.165) is 22.8 Å². The van der Waals surface area contributed by atoms with Crippen LogP contribution in [0.25, 0.3) is 22.1 Å². The number of hydrogen-bond acceptors (Lipinski definition) is 2. The summed E-state index contributed by atoms with van der Waals surface area (Å²) in [6.45, 7) is 0.668. The molecule has 0 atom stereocenters. The van der Waals surface area contributed by atoms with E-state index in [2.05, 4.69) is 59.9 Å². The van der Waals surface area contributed by atoms with Gasteiger partial charge in [0, 0.05) is 16.6 Å². The third kappa shape index (κ3) is 2.84. The molecule has 1 aromatic heterocycles. The fraction of sp³-hybridized carbons (Fsp3) is 0.0476. The molecule has 2 nitrogen and oxygen atoms in total. The summed E-state index contributed by atoms with van der Waals surface area (Å²) in [5.74, 6) is 1.83. The van der Waals surface area contributed by atoms with Gasteiger partial charge in [0.2, 0.25) is 0 Å². The lowest BCUT2D eigenvalue weighted by atomic mass is 10.1. The maximum atomic E-state index is 5.94. The summed E-state index contributed by atoms with van der Waals surface area (Å²) in [6, 6.07) is 28.9. The van der Waals surface area contributed by atoms with Crippen molar-refractivity contribution in [2.45, 2.75) is 6.54 Å². The van der Waals surface area contributed by atoms with Crippen LogP contribution in [-0.2, 0) is 6.54 Å². The first-order chi connectivity index (χ1) is 11.4. The number of furan rings is 1. The van der Waals surface area contributed by atoms with E-state index >= 15 is 0 Å². The largest absolute Gasteiger partial charge is 0.459 e. The minimum atomic E-state index is 0.668. The molecular formula is C21H17NO. The van der Waals surface area contributed by atoms with Gasteiger partial charge in [-0.1, -0.05) is 66.7 Å². The Hall–Kier alpha value is -3.00. The van der Waals surface area contributed by atoms with Gasteiger partial charge in [-0.25, -0.2) is 0 Å². The van der Waals surface area contributed by atoms with Crippen molar-refractivity contribution >= 4 is 16.5 Å². The standard InChI is InChI=1S/C21H17NO/c1-2-8-17(9-3-1)21-14-13-18(23-21)15-22-20-12-6-10-16-7-4-5-11-19(16)20/h1-14,22H,15H2. The first-order valence-electron chi connectivity index (χ1n) is 7.76. The molecule has 0 aliphatic heterocycles. The number of anilines is 1.